The topological polar surface area (TPSA) is 93.5 Å². The van der Waals surface area contributed by atoms with Crippen LogP contribution < -0.4 is 21.1 Å². The molecule has 4 N–H and O–H groups in total. The molecule has 0 saturated carbocycles. The van der Waals surface area contributed by atoms with Gasteiger partial charge in [-0.1, -0.05) is 11.6 Å². The fraction of sp³-hybridized carbons (Fsp3) is 0.385. The number of carbonyl (C=O) groups excluding carboxylic acids is 2. The summed E-state index contributed by atoms with van der Waals surface area (Å²) < 4.78 is 5.54. The van der Waals surface area contributed by atoms with Crippen molar-refractivity contribution in [3.05, 3.63) is 28.8 Å². The third-order valence-electron chi connectivity index (χ3n) is 2.60. The van der Waals surface area contributed by atoms with E-state index in [1.165, 1.54) is 14.0 Å². The first-order valence-corrected chi connectivity index (χ1v) is 6.47. The van der Waals surface area contributed by atoms with Gasteiger partial charge in [-0.25, -0.2) is 4.79 Å². The molecule has 1 aromatic rings. The molecule has 2 atom stereocenters. The van der Waals surface area contributed by atoms with E-state index in [0.29, 0.717) is 16.3 Å². The van der Waals surface area contributed by atoms with Gasteiger partial charge < -0.3 is 15.8 Å². The van der Waals surface area contributed by atoms with Crippen molar-refractivity contribution in [2.45, 2.75) is 26.0 Å². The molecule has 0 heterocycles. The second-order valence-corrected chi connectivity index (χ2v) is 4.74. The number of carbonyl (C=O) groups is 2. The van der Waals surface area contributed by atoms with Crippen LogP contribution in [0, 0.1) is 0 Å². The number of nitrogens with one attached hydrogen (secondary N) is 2. The minimum absolute atomic E-state index is 0.294. The Balaban J connectivity index is 2.82. The smallest absolute Gasteiger partial charge is 0.321 e. The van der Waals surface area contributed by atoms with Crippen molar-refractivity contribution in [1.82, 2.24) is 10.6 Å². The highest BCUT2D eigenvalue weighted by atomic mass is 35.5. The van der Waals surface area contributed by atoms with E-state index in [1.807, 2.05) is 0 Å². The first-order valence-electron chi connectivity index (χ1n) is 6.09. The summed E-state index contributed by atoms with van der Waals surface area (Å²) in [5.41, 5.74) is 6.53. The molecule has 1 rings (SSSR count). The van der Waals surface area contributed by atoms with Gasteiger partial charge in [-0.3, -0.25) is 10.1 Å². The van der Waals surface area contributed by atoms with Crippen LogP contribution in [-0.4, -0.2) is 25.1 Å². The van der Waals surface area contributed by atoms with Crippen LogP contribution in [0.1, 0.15) is 25.5 Å². The molecule has 0 radical (unpaired) electrons. The number of benzene rings is 1. The molecular weight excluding hydrogens is 282 g/mol. The number of rotatable bonds is 4. The maximum atomic E-state index is 11.7. The highest BCUT2D eigenvalue weighted by molar-refractivity contribution is 6.30. The molecule has 6 nitrogen and oxygen atoms in total. The van der Waals surface area contributed by atoms with Crippen LogP contribution in [0.4, 0.5) is 4.79 Å². The zero-order valence-corrected chi connectivity index (χ0v) is 12.3. The Hall–Kier alpha value is -1.79. The van der Waals surface area contributed by atoms with Gasteiger partial charge in [-0.2, -0.15) is 0 Å². The lowest BCUT2D eigenvalue weighted by Gasteiger charge is -2.18. The van der Waals surface area contributed by atoms with E-state index in [4.69, 9.17) is 22.1 Å². The number of nitrogens with two attached hydrogens (primary N) is 1. The van der Waals surface area contributed by atoms with E-state index in [-0.39, 0.29) is 6.04 Å². The summed E-state index contributed by atoms with van der Waals surface area (Å²) in [5, 5.41) is 4.96. The fourth-order valence-electron chi connectivity index (χ4n) is 1.50. The number of hydrogen-bond donors (Lipinski definition) is 3. The quantitative estimate of drug-likeness (QED) is 0.787. The van der Waals surface area contributed by atoms with Gasteiger partial charge in [0.25, 0.3) is 5.91 Å². The number of ether oxygens (including phenoxy) is 1. The molecule has 110 valence electrons. The van der Waals surface area contributed by atoms with Gasteiger partial charge in [0.05, 0.1) is 0 Å². The molecule has 0 saturated heterocycles. The van der Waals surface area contributed by atoms with Crippen LogP contribution in [0.2, 0.25) is 5.02 Å². The molecule has 0 fully saturated rings. The molecule has 0 bridgehead atoms. The summed E-state index contributed by atoms with van der Waals surface area (Å²) >= 11 is 5.90. The summed E-state index contributed by atoms with van der Waals surface area (Å²) in [6.07, 6.45) is -0.842. The highest BCUT2D eigenvalue weighted by Crippen LogP contribution is 2.28. The number of hydrogen-bond acceptors (Lipinski definition) is 4. The minimum atomic E-state index is -0.842. The zero-order valence-electron chi connectivity index (χ0n) is 11.6. The van der Waals surface area contributed by atoms with E-state index < -0.39 is 18.0 Å². The van der Waals surface area contributed by atoms with Crippen LogP contribution in [0.25, 0.3) is 0 Å². The van der Waals surface area contributed by atoms with Crippen molar-refractivity contribution in [1.29, 1.82) is 0 Å². The van der Waals surface area contributed by atoms with Gasteiger partial charge in [0.1, 0.15) is 5.75 Å². The fourth-order valence-corrected chi connectivity index (χ4v) is 1.68. The largest absolute Gasteiger partial charge is 0.481 e. The van der Waals surface area contributed by atoms with Gasteiger partial charge in [-0.05, 0) is 32.0 Å². The minimum Gasteiger partial charge on any atom is -0.481 e. The molecule has 3 amide bonds. The molecule has 1 aromatic carbocycles. The second-order valence-electron chi connectivity index (χ2n) is 4.30. The highest BCUT2D eigenvalue weighted by Gasteiger charge is 2.19. The van der Waals surface area contributed by atoms with Crippen molar-refractivity contribution in [2.75, 3.05) is 7.05 Å². The molecule has 0 spiro atoms. The number of halogens is 1. The van der Waals surface area contributed by atoms with E-state index in [1.54, 1.807) is 25.1 Å². The molecule has 7 heteroatoms. The first kappa shape index (κ1) is 16.3. The monoisotopic (exact) mass is 299 g/mol. The third kappa shape index (κ3) is 4.40. The van der Waals surface area contributed by atoms with Gasteiger partial charge in [0, 0.05) is 23.7 Å². The third-order valence-corrected chi connectivity index (χ3v) is 2.83. The Kier molecular flexibility index (Phi) is 5.79. The molecule has 1 unspecified atom stereocenters. The molecule has 0 aromatic heterocycles. The Morgan fingerprint density at radius 2 is 2.00 bits per heavy atom. The Labute approximate surface area is 122 Å². The van der Waals surface area contributed by atoms with Crippen molar-refractivity contribution in [3.63, 3.8) is 0 Å². The summed E-state index contributed by atoms with van der Waals surface area (Å²) in [6.45, 7) is 3.33. The lowest BCUT2D eigenvalue weighted by Crippen LogP contribution is -2.44. The maximum absolute atomic E-state index is 11.7. The average molecular weight is 300 g/mol. The zero-order chi connectivity index (χ0) is 15.3. The lowest BCUT2D eigenvalue weighted by atomic mass is 10.1. The van der Waals surface area contributed by atoms with Crippen LogP contribution >= 0.6 is 11.6 Å². The summed E-state index contributed by atoms with van der Waals surface area (Å²) in [5.74, 6) is -0.0844. The summed E-state index contributed by atoms with van der Waals surface area (Å²) in [4.78, 5) is 22.8. The molecule has 0 aliphatic heterocycles. The predicted molar refractivity (Wildman–Crippen MR) is 76.7 cm³/mol. The lowest BCUT2D eigenvalue weighted by molar-refractivity contribution is -0.126. The number of imide groups is 1. The van der Waals surface area contributed by atoms with Crippen molar-refractivity contribution in [3.8, 4) is 5.75 Å². The van der Waals surface area contributed by atoms with E-state index in [9.17, 15) is 9.59 Å². The standard InChI is InChI=1S/C13H18ClN3O3/c1-7(15)10-6-9(14)4-5-11(10)20-8(2)12(18)17-13(19)16-3/h4-8H,15H2,1-3H3,(H2,16,17,18,19)/t7-,8?/m0/s1. The van der Waals surface area contributed by atoms with Gasteiger partial charge in [-0.15, -0.1) is 0 Å². The van der Waals surface area contributed by atoms with E-state index in [2.05, 4.69) is 10.6 Å². The first-order chi connectivity index (χ1) is 9.35. The van der Waals surface area contributed by atoms with E-state index >= 15 is 0 Å². The van der Waals surface area contributed by atoms with Crippen LogP contribution in [-0.2, 0) is 4.79 Å². The van der Waals surface area contributed by atoms with Crippen LogP contribution in [0.5, 0.6) is 5.75 Å². The maximum Gasteiger partial charge on any atom is 0.321 e. The Morgan fingerprint density at radius 1 is 1.35 bits per heavy atom. The SMILES string of the molecule is CNC(=O)NC(=O)C(C)Oc1ccc(Cl)cc1[C@H](C)N. The molecular formula is C13H18ClN3O3. The predicted octanol–water partition coefficient (Wildman–Crippen LogP) is 1.58. The van der Waals surface area contributed by atoms with Crippen molar-refractivity contribution < 1.29 is 14.3 Å². The normalized spacial score (nSPS) is 13.2. The van der Waals surface area contributed by atoms with Crippen molar-refractivity contribution >= 4 is 23.5 Å². The van der Waals surface area contributed by atoms with E-state index in [0.717, 1.165) is 0 Å². The van der Waals surface area contributed by atoms with Gasteiger partial charge in [0.2, 0.25) is 0 Å². The average Bonchev–Trinajstić information content (AvgIpc) is 2.40. The second kappa shape index (κ2) is 7.12. The molecule has 0 aliphatic rings. The summed E-state index contributed by atoms with van der Waals surface area (Å²) in [7, 11) is 1.42. The number of amides is 3. The van der Waals surface area contributed by atoms with Crippen LogP contribution in [0.3, 0.4) is 0 Å². The van der Waals surface area contributed by atoms with Crippen LogP contribution in [0.15, 0.2) is 18.2 Å². The summed E-state index contributed by atoms with van der Waals surface area (Å²) in [6, 6.07) is 4.09. The Morgan fingerprint density at radius 3 is 2.55 bits per heavy atom. The number of urea groups is 1. The van der Waals surface area contributed by atoms with Gasteiger partial charge in [0.15, 0.2) is 6.10 Å². The Bertz CT molecular complexity index is 506. The molecule has 20 heavy (non-hydrogen) atoms. The molecule has 0 aliphatic carbocycles. The van der Waals surface area contributed by atoms with Gasteiger partial charge >= 0.3 is 6.03 Å². The van der Waals surface area contributed by atoms with Crippen molar-refractivity contribution in [2.24, 2.45) is 5.73 Å².